The predicted octanol–water partition coefficient (Wildman–Crippen LogP) is 1.83. The fraction of sp³-hybridized carbons (Fsp3) is 0.143. The van der Waals surface area contributed by atoms with Crippen molar-refractivity contribution in [3.63, 3.8) is 0 Å². The van der Waals surface area contributed by atoms with Crippen molar-refractivity contribution in [2.45, 2.75) is 13.1 Å². The Bertz CT molecular complexity index is 422. The topological polar surface area (TPSA) is 49.8 Å². The first-order valence-corrected chi connectivity index (χ1v) is 5.87. The Morgan fingerprint density at radius 1 is 0.778 bits per heavy atom. The average Bonchev–Trinajstić information content (AvgIpc) is 2.45. The van der Waals surface area contributed by atoms with Crippen LogP contribution in [0, 0.1) is 0 Å². The number of hydrogen-bond donors (Lipinski definition) is 2. The molecule has 0 aliphatic rings. The van der Waals surface area contributed by atoms with Crippen LogP contribution in [0.2, 0.25) is 0 Å². The number of rotatable bonds is 6. The van der Waals surface area contributed by atoms with E-state index in [1.165, 1.54) is 0 Å². The van der Waals surface area contributed by atoms with Gasteiger partial charge in [0.2, 0.25) is 0 Å². The maximum atomic E-state index is 4.22. The van der Waals surface area contributed by atoms with Gasteiger partial charge in [0.1, 0.15) is 0 Å². The monoisotopic (exact) mass is 240 g/mol. The molecule has 0 bridgehead atoms. The molecule has 4 nitrogen and oxygen atoms in total. The molecular weight excluding hydrogens is 224 g/mol. The standard InChI is InChI=1S/C14H16N4/c1-3-7-17-13(5-1)11-15-9-10-16-12-14-6-2-4-8-18-14/h1-10,15-16H,11-12H2/b10-9+. The van der Waals surface area contributed by atoms with Crippen LogP contribution in [-0.4, -0.2) is 9.97 Å². The lowest BCUT2D eigenvalue weighted by molar-refractivity contribution is 0.797. The minimum atomic E-state index is 0.725. The molecule has 0 saturated heterocycles. The quantitative estimate of drug-likeness (QED) is 0.808. The largest absolute Gasteiger partial charge is 0.384 e. The van der Waals surface area contributed by atoms with E-state index in [1.807, 2.05) is 48.8 Å². The summed E-state index contributed by atoms with van der Waals surface area (Å²) < 4.78 is 0. The van der Waals surface area contributed by atoms with E-state index in [0.29, 0.717) is 0 Å². The van der Waals surface area contributed by atoms with Crippen molar-refractivity contribution in [2.24, 2.45) is 0 Å². The average molecular weight is 240 g/mol. The molecule has 92 valence electrons. The molecule has 0 saturated carbocycles. The first kappa shape index (κ1) is 12.1. The molecule has 0 aliphatic carbocycles. The maximum absolute atomic E-state index is 4.22. The number of hydrogen-bond acceptors (Lipinski definition) is 4. The van der Waals surface area contributed by atoms with Crippen LogP contribution in [0.1, 0.15) is 11.4 Å². The molecular formula is C14H16N4. The summed E-state index contributed by atoms with van der Waals surface area (Å²) >= 11 is 0. The third-order valence-corrected chi connectivity index (χ3v) is 2.34. The number of nitrogens with one attached hydrogen (secondary N) is 2. The highest BCUT2D eigenvalue weighted by Crippen LogP contribution is 1.92. The molecule has 0 atom stereocenters. The van der Waals surface area contributed by atoms with Gasteiger partial charge in [-0.15, -0.1) is 0 Å². The van der Waals surface area contributed by atoms with Crippen LogP contribution in [-0.2, 0) is 13.1 Å². The first-order chi connectivity index (χ1) is 8.95. The van der Waals surface area contributed by atoms with Crippen LogP contribution in [0.5, 0.6) is 0 Å². The predicted molar refractivity (Wildman–Crippen MR) is 71.3 cm³/mol. The zero-order valence-electron chi connectivity index (χ0n) is 10.1. The number of aromatic nitrogens is 2. The second kappa shape index (κ2) is 7.06. The van der Waals surface area contributed by atoms with E-state index < -0.39 is 0 Å². The normalized spacial score (nSPS) is 10.4. The highest BCUT2D eigenvalue weighted by atomic mass is 14.9. The Balaban J connectivity index is 1.64. The summed E-state index contributed by atoms with van der Waals surface area (Å²) in [6.45, 7) is 1.45. The number of pyridine rings is 2. The molecule has 0 radical (unpaired) electrons. The Morgan fingerprint density at radius 3 is 1.67 bits per heavy atom. The van der Waals surface area contributed by atoms with Crippen LogP contribution in [0.4, 0.5) is 0 Å². The second-order valence-corrected chi connectivity index (χ2v) is 3.74. The Morgan fingerprint density at radius 2 is 1.28 bits per heavy atom. The van der Waals surface area contributed by atoms with Gasteiger partial charge in [0.05, 0.1) is 24.5 Å². The van der Waals surface area contributed by atoms with Gasteiger partial charge in [-0.2, -0.15) is 0 Å². The third kappa shape index (κ3) is 4.25. The summed E-state index contributed by atoms with van der Waals surface area (Å²) in [5, 5.41) is 6.32. The lowest BCUT2D eigenvalue weighted by atomic mass is 10.3. The summed E-state index contributed by atoms with van der Waals surface area (Å²) in [7, 11) is 0. The first-order valence-electron chi connectivity index (χ1n) is 5.87. The SMILES string of the molecule is C(=C\NCc1ccccn1)/NCc1ccccn1. The van der Waals surface area contributed by atoms with Crippen LogP contribution in [0.3, 0.4) is 0 Å². The Kier molecular flexibility index (Phi) is 4.75. The van der Waals surface area contributed by atoms with Crippen LogP contribution in [0.25, 0.3) is 0 Å². The molecule has 0 spiro atoms. The minimum Gasteiger partial charge on any atom is -0.384 e. The van der Waals surface area contributed by atoms with E-state index in [4.69, 9.17) is 0 Å². The summed E-state index contributed by atoms with van der Waals surface area (Å²) in [5.74, 6) is 0. The van der Waals surface area contributed by atoms with Gasteiger partial charge in [0, 0.05) is 24.8 Å². The van der Waals surface area contributed by atoms with Gasteiger partial charge >= 0.3 is 0 Å². The minimum absolute atomic E-state index is 0.725. The van der Waals surface area contributed by atoms with Gasteiger partial charge in [-0.3, -0.25) is 9.97 Å². The molecule has 18 heavy (non-hydrogen) atoms. The van der Waals surface area contributed by atoms with E-state index in [0.717, 1.165) is 24.5 Å². The molecule has 2 aromatic heterocycles. The molecule has 0 fully saturated rings. The molecule has 2 aromatic rings. The van der Waals surface area contributed by atoms with Crippen molar-refractivity contribution in [3.8, 4) is 0 Å². The summed E-state index contributed by atoms with van der Waals surface area (Å²) in [4.78, 5) is 8.43. The van der Waals surface area contributed by atoms with Gasteiger partial charge < -0.3 is 10.6 Å². The van der Waals surface area contributed by atoms with Crippen molar-refractivity contribution < 1.29 is 0 Å². The molecule has 0 unspecified atom stereocenters. The number of nitrogens with zero attached hydrogens (tertiary/aromatic N) is 2. The fourth-order valence-corrected chi connectivity index (χ4v) is 1.45. The third-order valence-electron chi connectivity index (χ3n) is 2.34. The van der Waals surface area contributed by atoms with Gasteiger partial charge in [-0.1, -0.05) is 12.1 Å². The van der Waals surface area contributed by atoms with Crippen LogP contribution >= 0.6 is 0 Å². The van der Waals surface area contributed by atoms with Gasteiger partial charge in [0.25, 0.3) is 0 Å². The van der Waals surface area contributed by atoms with E-state index in [1.54, 1.807) is 12.4 Å². The van der Waals surface area contributed by atoms with E-state index >= 15 is 0 Å². The molecule has 2 N–H and O–H groups in total. The lowest BCUT2D eigenvalue weighted by Gasteiger charge is -2.01. The van der Waals surface area contributed by atoms with Crippen LogP contribution < -0.4 is 10.6 Å². The highest BCUT2D eigenvalue weighted by molar-refractivity contribution is 5.04. The summed E-state index contributed by atoms with van der Waals surface area (Å²) in [6.07, 6.45) is 7.33. The second-order valence-electron chi connectivity index (χ2n) is 3.74. The smallest absolute Gasteiger partial charge is 0.0594 e. The molecule has 4 heteroatoms. The molecule has 2 heterocycles. The van der Waals surface area contributed by atoms with E-state index in [-0.39, 0.29) is 0 Å². The molecule has 0 aromatic carbocycles. The van der Waals surface area contributed by atoms with Crippen LogP contribution in [0.15, 0.2) is 61.2 Å². The summed E-state index contributed by atoms with van der Waals surface area (Å²) in [6, 6.07) is 11.8. The Hall–Kier alpha value is -2.36. The highest BCUT2D eigenvalue weighted by Gasteiger charge is 1.89. The zero-order valence-corrected chi connectivity index (χ0v) is 10.1. The lowest BCUT2D eigenvalue weighted by Crippen LogP contribution is -2.10. The van der Waals surface area contributed by atoms with Gasteiger partial charge in [0.15, 0.2) is 0 Å². The molecule has 0 amide bonds. The molecule has 2 rings (SSSR count). The van der Waals surface area contributed by atoms with E-state index in [2.05, 4.69) is 20.6 Å². The van der Waals surface area contributed by atoms with Gasteiger partial charge in [-0.25, -0.2) is 0 Å². The van der Waals surface area contributed by atoms with Crippen molar-refractivity contribution in [2.75, 3.05) is 0 Å². The fourth-order valence-electron chi connectivity index (χ4n) is 1.45. The van der Waals surface area contributed by atoms with Crippen molar-refractivity contribution in [3.05, 3.63) is 72.6 Å². The Labute approximate surface area is 107 Å². The maximum Gasteiger partial charge on any atom is 0.0594 e. The molecule has 0 aliphatic heterocycles. The van der Waals surface area contributed by atoms with E-state index in [9.17, 15) is 0 Å². The summed E-state index contributed by atoms with van der Waals surface area (Å²) in [5.41, 5.74) is 2.04. The zero-order chi connectivity index (χ0) is 12.5. The van der Waals surface area contributed by atoms with Crippen molar-refractivity contribution in [1.82, 2.24) is 20.6 Å². The van der Waals surface area contributed by atoms with Crippen molar-refractivity contribution >= 4 is 0 Å². The van der Waals surface area contributed by atoms with Gasteiger partial charge in [-0.05, 0) is 24.3 Å². The van der Waals surface area contributed by atoms with Crippen molar-refractivity contribution in [1.29, 1.82) is 0 Å².